The van der Waals surface area contributed by atoms with Crippen LogP contribution in [0.5, 0.6) is 0 Å². The number of amides is 1. The molecule has 0 atom stereocenters. The van der Waals surface area contributed by atoms with Gasteiger partial charge in [-0.2, -0.15) is 0 Å². The van der Waals surface area contributed by atoms with Crippen LogP contribution in [-0.4, -0.2) is 52.1 Å². The maximum atomic E-state index is 12.3. The molecule has 0 aliphatic carbocycles. The summed E-state index contributed by atoms with van der Waals surface area (Å²) in [6, 6.07) is 5.50. The fraction of sp³-hybridized carbons (Fsp3) is 0.562. The molecule has 0 bridgehead atoms. The molecule has 0 saturated heterocycles. The van der Waals surface area contributed by atoms with E-state index in [1.54, 1.807) is 6.07 Å². The smallest absolute Gasteiger partial charge is 0.253 e. The minimum absolute atomic E-state index is 0.00702. The normalized spacial score (nSPS) is 11.6. The van der Waals surface area contributed by atoms with Gasteiger partial charge in [0, 0.05) is 38.6 Å². The fourth-order valence-corrected chi connectivity index (χ4v) is 2.35. The van der Waals surface area contributed by atoms with E-state index in [9.17, 15) is 4.79 Å². The quantitative estimate of drug-likeness (QED) is 0.783. The highest BCUT2D eigenvalue weighted by Crippen LogP contribution is 2.20. The molecule has 5 nitrogen and oxygen atoms in total. The first-order valence-corrected chi connectivity index (χ1v) is 7.12. The monoisotopic (exact) mass is 292 g/mol. The second kappa shape index (κ2) is 6.80. The number of nitrogens with two attached hydrogens (primary N) is 1. The average molecular weight is 292 g/mol. The third kappa shape index (κ3) is 5.27. The van der Waals surface area contributed by atoms with Crippen LogP contribution in [0.25, 0.3) is 0 Å². The number of carbonyl (C=O) groups is 1. The van der Waals surface area contributed by atoms with E-state index >= 15 is 0 Å². The van der Waals surface area contributed by atoms with Gasteiger partial charge >= 0.3 is 0 Å². The molecule has 0 heterocycles. The number of hydrogen-bond acceptors (Lipinski definition) is 4. The molecule has 1 rings (SSSR count). The minimum atomic E-state index is -0.122. The van der Waals surface area contributed by atoms with Crippen molar-refractivity contribution in [2.45, 2.75) is 13.8 Å². The Hall–Kier alpha value is -1.75. The van der Waals surface area contributed by atoms with E-state index in [-0.39, 0.29) is 11.3 Å². The van der Waals surface area contributed by atoms with Crippen molar-refractivity contribution in [3.05, 3.63) is 23.8 Å². The molecule has 5 heteroatoms. The second-order valence-corrected chi connectivity index (χ2v) is 6.75. The number of nitrogen functional groups attached to an aromatic ring is 1. The average Bonchev–Trinajstić information content (AvgIpc) is 2.34. The Morgan fingerprint density at radius 3 is 2.38 bits per heavy atom. The van der Waals surface area contributed by atoms with Gasteiger partial charge in [-0.15, -0.1) is 0 Å². The van der Waals surface area contributed by atoms with Crippen molar-refractivity contribution in [3.63, 3.8) is 0 Å². The van der Waals surface area contributed by atoms with Crippen molar-refractivity contribution in [1.29, 1.82) is 0 Å². The number of carbonyl (C=O) groups excluding carboxylic acids is 1. The highest BCUT2D eigenvalue weighted by molar-refractivity contribution is 6.00. The molecule has 0 spiro atoms. The van der Waals surface area contributed by atoms with Crippen molar-refractivity contribution in [3.8, 4) is 0 Å². The summed E-state index contributed by atoms with van der Waals surface area (Å²) in [6.45, 7) is 5.77. The standard InChI is InChI=1S/C16H28N4O/c1-16(2,11-19(3)4)10-18-15(21)13-9-12(20(5)6)7-8-14(13)17/h7-9H,10-11,17H2,1-6H3,(H,18,21). The van der Waals surface area contributed by atoms with E-state index in [2.05, 4.69) is 24.1 Å². The van der Waals surface area contributed by atoms with Gasteiger partial charge in [-0.3, -0.25) is 4.79 Å². The lowest BCUT2D eigenvalue weighted by molar-refractivity contribution is 0.0930. The summed E-state index contributed by atoms with van der Waals surface area (Å²) >= 11 is 0. The molecule has 21 heavy (non-hydrogen) atoms. The van der Waals surface area contributed by atoms with Gasteiger partial charge in [0.15, 0.2) is 0 Å². The van der Waals surface area contributed by atoms with E-state index in [1.807, 2.05) is 45.2 Å². The number of nitrogens with zero attached hydrogens (tertiary/aromatic N) is 2. The molecule has 1 amide bonds. The second-order valence-electron chi connectivity index (χ2n) is 6.75. The number of nitrogens with one attached hydrogen (secondary N) is 1. The SMILES string of the molecule is CN(C)CC(C)(C)CNC(=O)c1cc(N(C)C)ccc1N. The maximum Gasteiger partial charge on any atom is 0.253 e. The zero-order chi connectivity index (χ0) is 16.2. The van der Waals surface area contributed by atoms with Crippen LogP contribution in [0, 0.1) is 5.41 Å². The van der Waals surface area contributed by atoms with Crippen molar-refractivity contribution < 1.29 is 4.79 Å². The van der Waals surface area contributed by atoms with Gasteiger partial charge in [-0.25, -0.2) is 0 Å². The Bertz CT molecular complexity index is 495. The van der Waals surface area contributed by atoms with Crippen LogP contribution in [0.1, 0.15) is 24.2 Å². The highest BCUT2D eigenvalue weighted by atomic mass is 16.1. The Balaban J connectivity index is 2.78. The first-order valence-electron chi connectivity index (χ1n) is 7.12. The van der Waals surface area contributed by atoms with E-state index in [4.69, 9.17) is 5.73 Å². The summed E-state index contributed by atoms with van der Waals surface area (Å²) in [5.74, 6) is -0.122. The van der Waals surface area contributed by atoms with Gasteiger partial charge in [0.1, 0.15) is 0 Å². The van der Waals surface area contributed by atoms with Crippen molar-refractivity contribution in [1.82, 2.24) is 10.2 Å². The topological polar surface area (TPSA) is 61.6 Å². The number of anilines is 2. The summed E-state index contributed by atoms with van der Waals surface area (Å²) < 4.78 is 0. The maximum absolute atomic E-state index is 12.3. The molecule has 0 saturated carbocycles. The molecule has 1 aromatic carbocycles. The first kappa shape index (κ1) is 17.3. The fourth-order valence-electron chi connectivity index (χ4n) is 2.35. The van der Waals surface area contributed by atoms with Crippen LogP contribution in [-0.2, 0) is 0 Å². The molecule has 0 aliphatic heterocycles. The van der Waals surface area contributed by atoms with Crippen LogP contribution in [0.15, 0.2) is 18.2 Å². The minimum Gasteiger partial charge on any atom is -0.398 e. The molecule has 3 N–H and O–H groups in total. The zero-order valence-corrected chi connectivity index (χ0v) is 14.0. The summed E-state index contributed by atoms with van der Waals surface area (Å²) in [6.07, 6.45) is 0. The number of benzene rings is 1. The molecular weight excluding hydrogens is 264 g/mol. The Morgan fingerprint density at radius 1 is 1.24 bits per heavy atom. The van der Waals surface area contributed by atoms with Crippen LogP contribution in [0.3, 0.4) is 0 Å². The molecule has 118 valence electrons. The Labute approximate surface area is 128 Å². The molecule has 0 aliphatic rings. The van der Waals surface area contributed by atoms with Gasteiger partial charge in [-0.1, -0.05) is 13.8 Å². The van der Waals surface area contributed by atoms with Crippen LogP contribution < -0.4 is 16.0 Å². The lowest BCUT2D eigenvalue weighted by Crippen LogP contribution is -2.40. The van der Waals surface area contributed by atoms with Crippen LogP contribution >= 0.6 is 0 Å². The Morgan fingerprint density at radius 2 is 1.86 bits per heavy atom. The van der Waals surface area contributed by atoms with Gasteiger partial charge in [0.05, 0.1) is 5.56 Å². The molecule has 0 unspecified atom stereocenters. The summed E-state index contributed by atoms with van der Waals surface area (Å²) in [4.78, 5) is 16.4. The molecule has 1 aromatic rings. The lowest BCUT2D eigenvalue weighted by atomic mass is 9.93. The summed E-state index contributed by atoms with van der Waals surface area (Å²) in [5, 5.41) is 2.99. The van der Waals surface area contributed by atoms with E-state index < -0.39 is 0 Å². The van der Waals surface area contributed by atoms with Crippen molar-refractivity contribution in [2.75, 3.05) is 51.9 Å². The summed E-state index contributed by atoms with van der Waals surface area (Å²) in [7, 11) is 7.94. The lowest BCUT2D eigenvalue weighted by Gasteiger charge is -2.28. The number of rotatable bonds is 6. The first-order chi connectivity index (χ1) is 9.62. The van der Waals surface area contributed by atoms with E-state index in [0.29, 0.717) is 17.8 Å². The zero-order valence-electron chi connectivity index (χ0n) is 14.0. The third-order valence-corrected chi connectivity index (χ3v) is 3.27. The molecule has 0 radical (unpaired) electrons. The predicted molar refractivity (Wildman–Crippen MR) is 89.8 cm³/mol. The highest BCUT2D eigenvalue weighted by Gasteiger charge is 2.21. The van der Waals surface area contributed by atoms with Crippen LogP contribution in [0.2, 0.25) is 0 Å². The van der Waals surface area contributed by atoms with Gasteiger partial charge in [-0.05, 0) is 37.7 Å². The summed E-state index contributed by atoms with van der Waals surface area (Å²) in [5.41, 5.74) is 7.92. The molecular formula is C16H28N4O. The molecule has 0 fully saturated rings. The van der Waals surface area contributed by atoms with Crippen molar-refractivity contribution >= 4 is 17.3 Å². The predicted octanol–water partition coefficient (Wildman–Crippen LogP) is 1.65. The third-order valence-electron chi connectivity index (χ3n) is 3.27. The van der Waals surface area contributed by atoms with Gasteiger partial charge in [0.2, 0.25) is 0 Å². The van der Waals surface area contributed by atoms with E-state index in [0.717, 1.165) is 12.2 Å². The van der Waals surface area contributed by atoms with Gasteiger partial charge in [0.25, 0.3) is 5.91 Å². The largest absolute Gasteiger partial charge is 0.398 e. The molecule has 0 aromatic heterocycles. The number of hydrogen-bond donors (Lipinski definition) is 2. The van der Waals surface area contributed by atoms with Gasteiger partial charge < -0.3 is 20.9 Å². The van der Waals surface area contributed by atoms with Crippen LogP contribution in [0.4, 0.5) is 11.4 Å². The van der Waals surface area contributed by atoms with E-state index in [1.165, 1.54) is 0 Å². The Kier molecular flexibility index (Phi) is 5.61. The van der Waals surface area contributed by atoms with Crippen molar-refractivity contribution in [2.24, 2.45) is 5.41 Å².